The smallest absolute Gasteiger partial charge is 0.409 e. The fourth-order valence-electron chi connectivity index (χ4n) is 3.57. The first-order chi connectivity index (χ1) is 10.6. The number of ether oxygens (including phenoxy) is 5. The van der Waals surface area contributed by atoms with Crippen molar-refractivity contribution in [2.75, 3.05) is 27.9 Å². The Morgan fingerprint density at radius 1 is 1.45 bits per heavy atom. The molecule has 0 radical (unpaired) electrons. The van der Waals surface area contributed by atoms with E-state index in [1.807, 2.05) is 0 Å². The highest BCUT2D eigenvalue weighted by Crippen LogP contribution is 2.61. The number of hydrogen-bond acceptors (Lipinski definition) is 7. The van der Waals surface area contributed by atoms with Crippen LogP contribution in [-0.2, 0) is 28.5 Å². The summed E-state index contributed by atoms with van der Waals surface area (Å²) in [5.41, 5.74) is -0.137. The molecule has 5 unspecified atom stereocenters. The second kappa shape index (κ2) is 5.44. The zero-order valence-electron chi connectivity index (χ0n) is 12.7. The normalized spacial score (nSPS) is 38.0. The number of nitrogens with one attached hydrogen (secondary N) is 1. The van der Waals surface area contributed by atoms with Crippen molar-refractivity contribution in [3.8, 4) is 0 Å². The van der Waals surface area contributed by atoms with Gasteiger partial charge in [-0.2, -0.15) is 0 Å². The Morgan fingerprint density at radius 2 is 2.23 bits per heavy atom. The third-order valence-electron chi connectivity index (χ3n) is 4.56. The van der Waals surface area contributed by atoms with Crippen molar-refractivity contribution in [1.29, 1.82) is 0 Å². The Bertz CT molecular complexity index is 519. The molecule has 1 amide bonds. The second-order valence-electron chi connectivity index (χ2n) is 5.59. The largest absolute Gasteiger partial charge is 0.466 e. The van der Waals surface area contributed by atoms with Gasteiger partial charge in [-0.05, 0) is 6.42 Å². The van der Waals surface area contributed by atoms with Gasteiger partial charge in [-0.15, -0.1) is 0 Å². The molecule has 1 saturated carbocycles. The number of fused-ring (bicyclic) bond motifs is 3. The van der Waals surface area contributed by atoms with Gasteiger partial charge >= 0.3 is 12.1 Å². The van der Waals surface area contributed by atoms with Crippen LogP contribution >= 0.6 is 0 Å². The van der Waals surface area contributed by atoms with Crippen molar-refractivity contribution < 1.29 is 33.3 Å². The van der Waals surface area contributed by atoms with Crippen molar-refractivity contribution in [3.05, 3.63) is 11.8 Å². The molecular weight excluding hydrogens is 294 g/mol. The highest BCUT2D eigenvalue weighted by Gasteiger charge is 2.73. The Kier molecular flexibility index (Phi) is 3.73. The summed E-state index contributed by atoms with van der Waals surface area (Å²) in [4.78, 5) is 23.4. The third kappa shape index (κ3) is 2.14. The first kappa shape index (κ1) is 15.1. The number of carbonyl (C=O) groups excluding carboxylic acids is 2. The minimum Gasteiger partial charge on any atom is -0.466 e. The molecule has 2 aliphatic heterocycles. The van der Waals surface area contributed by atoms with Gasteiger partial charge in [-0.1, -0.05) is 0 Å². The lowest BCUT2D eigenvalue weighted by Gasteiger charge is -2.36. The number of methoxy groups -OCH3 is 2. The second-order valence-corrected chi connectivity index (χ2v) is 5.59. The third-order valence-corrected chi connectivity index (χ3v) is 4.56. The fourth-order valence-corrected chi connectivity index (χ4v) is 3.57. The van der Waals surface area contributed by atoms with Crippen LogP contribution in [0.4, 0.5) is 4.79 Å². The molecular formula is C14H19NO7. The summed E-state index contributed by atoms with van der Waals surface area (Å²) in [6.45, 7) is 0.351. The van der Waals surface area contributed by atoms with Gasteiger partial charge in [0.2, 0.25) is 0 Å². The number of carbonyl (C=O) groups is 2. The molecule has 3 aliphatic rings. The van der Waals surface area contributed by atoms with E-state index in [-0.39, 0.29) is 17.9 Å². The summed E-state index contributed by atoms with van der Waals surface area (Å²) in [5.74, 6) is -0.902. The van der Waals surface area contributed by atoms with E-state index in [4.69, 9.17) is 23.7 Å². The van der Waals surface area contributed by atoms with Gasteiger partial charge in [0.15, 0.2) is 0 Å². The van der Waals surface area contributed by atoms with Gasteiger partial charge in [0.25, 0.3) is 6.29 Å². The molecule has 1 aliphatic carbocycles. The number of hydrogen-bond donors (Lipinski definition) is 1. The van der Waals surface area contributed by atoms with E-state index in [9.17, 15) is 9.59 Å². The molecule has 1 N–H and O–H groups in total. The highest BCUT2D eigenvalue weighted by molar-refractivity contribution is 5.89. The number of alkyl carbamates (subject to hydrolysis) is 1. The van der Waals surface area contributed by atoms with Crippen LogP contribution in [0.25, 0.3) is 0 Å². The van der Waals surface area contributed by atoms with Gasteiger partial charge in [-0.3, -0.25) is 0 Å². The predicted octanol–water partition coefficient (Wildman–Crippen LogP) is 0.176. The van der Waals surface area contributed by atoms with E-state index in [1.54, 1.807) is 7.11 Å². The molecule has 0 aromatic carbocycles. The maximum absolute atomic E-state index is 11.9. The van der Waals surface area contributed by atoms with Gasteiger partial charge in [-0.25, -0.2) is 9.59 Å². The average Bonchev–Trinajstić information content (AvgIpc) is 3.11. The van der Waals surface area contributed by atoms with Gasteiger partial charge < -0.3 is 29.0 Å². The Balaban J connectivity index is 1.88. The standard InChI is InChI=1S/C14H19NO7/c1-15-13(17)21-12-10-7(8(5-20-12)11(16)19-3)4-9-14(10,22-9)6-18-2/h5,7,9-10,12H,4,6H2,1-3H3,(H,15,17). The van der Waals surface area contributed by atoms with E-state index in [0.29, 0.717) is 18.6 Å². The molecule has 5 atom stereocenters. The van der Waals surface area contributed by atoms with Gasteiger partial charge in [0.05, 0.1) is 37.6 Å². The molecule has 8 heteroatoms. The topological polar surface area (TPSA) is 95.6 Å². The summed E-state index contributed by atoms with van der Waals surface area (Å²) in [7, 11) is 4.37. The van der Waals surface area contributed by atoms with E-state index in [2.05, 4.69) is 5.32 Å². The molecule has 8 nitrogen and oxygen atoms in total. The van der Waals surface area contributed by atoms with Crippen LogP contribution in [0.1, 0.15) is 6.42 Å². The molecule has 2 fully saturated rings. The average molecular weight is 313 g/mol. The van der Waals surface area contributed by atoms with Crippen LogP contribution in [0.3, 0.4) is 0 Å². The van der Waals surface area contributed by atoms with Crippen molar-refractivity contribution in [1.82, 2.24) is 5.32 Å². The summed E-state index contributed by atoms with van der Waals surface area (Å²) in [6.07, 6.45) is 0.502. The van der Waals surface area contributed by atoms with Gasteiger partial charge in [0, 0.05) is 20.1 Å². The van der Waals surface area contributed by atoms with E-state index >= 15 is 0 Å². The Morgan fingerprint density at radius 3 is 2.86 bits per heavy atom. The van der Waals surface area contributed by atoms with Crippen LogP contribution in [0.5, 0.6) is 0 Å². The molecule has 0 bridgehead atoms. The van der Waals surface area contributed by atoms with Crippen molar-refractivity contribution >= 4 is 12.1 Å². The van der Waals surface area contributed by atoms with Crippen molar-refractivity contribution in [2.24, 2.45) is 11.8 Å². The lowest BCUT2D eigenvalue weighted by atomic mass is 9.81. The molecule has 0 aromatic heterocycles. The van der Waals surface area contributed by atoms with Crippen LogP contribution in [0, 0.1) is 11.8 Å². The predicted molar refractivity (Wildman–Crippen MR) is 71.6 cm³/mol. The maximum atomic E-state index is 11.9. The molecule has 0 spiro atoms. The van der Waals surface area contributed by atoms with E-state index < -0.39 is 24.0 Å². The van der Waals surface area contributed by atoms with Gasteiger partial charge in [0.1, 0.15) is 5.60 Å². The quantitative estimate of drug-likeness (QED) is 0.584. The van der Waals surface area contributed by atoms with Crippen molar-refractivity contribution in [3.63, 3.8) is 0 Å². The van der Waals surface area contributed by atoms with Crippen molar-refractivity contribution in [2.45, 2.75) is 24.4 Å². The zero-order chi connectivity index (χ0) is 15.9. The molecule has 122 valence electrons. The molecule has 2 heterocycles. The van der Waals surface area contributed by atoms with Crippen LogP contribution in [0.2, 0.25) is 0 Å². The number of amides is 1. The first-order valence-electron chi connectivity index (χ1n) is 7.06. The highest BCUT2D eigenvalue weighted by atomic mass is 16.7. The minimum absolute atomic E-state index is 0.0343. The Hall–Kier alpha value is -1.80. The minimum atomic E-state index is -0.832. The molecule has 0 aromatic rings. The Labute approximate surface area is 127 Å². The molecule has 22 heavy (non-hydrogen) atoms. The van der Waals surface area contributed by atoms with Crippen LogP contribution in [0.15, 0.2) is 11.8 Å². The lowest BCUT2D eigenvalue weighted by molar-refractivity contribution is -0.154. The molecule has 3 rings (SSSR count). The summed E-state index contributed by atoms with van der Waals surface area (Å²) in [5, 5.41) is 2.38. The fraction of sp³-hybridized carbons (Fsp3) is 0.714. The SMILES string of the molecule is CNC(=O)OC1OC=C(C(=O)OC)C2CC3OC3(COC)C12. The number of rotatable bonds is 4. The summed E-state index contributed by atoms with van der Waals surface area (Å²) in [6, 6.07) is 0. The first-order valence-corrected chi connectivity index (χ1v) is 7.06. The maximum Gasteiger partial charge on any atom is 0.409 e. The summed E-state index contributed by atoms with van der Waals surface area (Å²) < 4.78 is 26.6. The number of esters is 1. The van der Waals surface area contributed by atoms with Crippen LogP contribution < -0.4 is 5.32 Å². The van der Waals surface area contributed by atoms with Crippen LogP contribution in [-0.4, -0.2) is 57.9 Å². The van der Waals surface area contributed by atoms with E-state index in [0.717, 1.165) is 0 Å². The zero-order valence-corrected chi connectivity index (χ0v) is 12.7. The lowest BCUT2D eigenvalue weighted by Crippen LogP contribution is -2.46. The number of epoxide rings is 1. The molecule has 1 saturated heterocycles. The summed E-state index contributed by atoms with van der Waals surface area (Å²) >= 11 is 0. The monoisotopic (exact) mass is 313 g/mol. The van der Waals surface area contributed by atoms with E-state index in [1.165, 1.54) is 20.4 Å².